The van der Waals surface area contributed by atoms with Crippen molar-refractivity contribution >= 4 is 28.9 Å². The Morgan fingerprint density at radius 3 is 2.44 bits per heavy atom. The number of nitrogens with one attached hydrogen (secondary N) is 1. The number of nitriles is 1. The first kappa shape index (κ1) is 12.8. The second-order valence-electron chi connectivity index (χ2n) is 3.74. The quantitative estimate of drug-likeness (QED) is 0.884. The standard InChI is InChI=1S/C14H10Cl2N2/c15-10-6-7-13(16)12(8-10)14(9-17)18-11-4-2-1-3-5-11/h1-8,14,18H. The zero-order valence-electron chi connectivity index (χ0n) is 9.40. The van der Waals surface area contributed by atoms with E-state index in [0.717, 1.165) is 5.69 Å². The lowest BCUT2D eigenvalue weighted by molar-refractivity contribution is 0.998. The van der Waals surface area contributed by atoms with Crippen molar-refractivity contribution in [2.45, 2.75) is 6.04 Å². The molecule has 2 aromatic carbocycles. The molecule has 0 spiro atoms. The molecule has 0 aliphatic carbocycles. The molecule has 18 heavy (non-hydrogen) atoms. The Morgan fingerprint density at radius 2 is 1.78 bits per heavy atom. The molecule has 1 unspecified atom stereocenters. The summed E-state index contributed by atoms with van der Waals surface area (Å²) >= 11 is 12.0. The van der Waals surface area contributed by atoms with Gasteiger partial charge in [0, 0.05) is 21.3 Å². The number of rotatable bonds is 3. The molecule has 0 aliphatic heterocycles. The van der Waals surface area contributed by atoms with Crippen molar-refractivity contribution in [1.82, 2.24) is 0 Å². The number of anilines is 1. The molecule has 0 saturated carbocycles. The number of hydrogen-bond acceptors (Lipinski definition) is 2. The van der Waals surface area contributed by atoms with Crippen LogP contribution in [-0.4, -0.2) is 0 Å². The van der Waals surface area contributed by atoms with Crippen LogP contribution in [0.1, 0.15) is 11.6 Å². The Balaban J connectivity index is 2.29. The third-order valence-corrected chi connectivity index (χ3v) is 3.06. The number of halogens is 2. The van der Waals surface area contributed by atoms with Gasteiger partial charge in [-0.3, -0.25) is 0 Å². The molecule has 2 rings (SSSR count). The highest BCUT2D eigenvalue weighted by Crippen LogP contribution is 2.28. The highest BCUT2D eigenvalue weighted by atomic mass is 35.5. The summed E-state index contributed by atoms with van der Waals surface area (Å²) in [5.41, 5.74) is 1.54. The van der Waals surface area contributed by atoms with Crippen molar-refractivity contribution in [2.75, 3.05) is 5.32 Å². The Kier molecular flexibility index (Phi) is 4.09. The molecular formula is C14H10Cl2N2. The molecular weight excluding hydrogens is 267 g/mol. The van der Waals surface area contributed by atoms with E-state index in [4.69, 9.17) is 23.2 Å². The van der Waals surface area contributed by atoms with E-state index in [9.17, 15) is 5.26 Å². The minimum atomic E-state index is -0.529. The van der Waals surface area contributed by atoms with E-state index in [1.807, 2.05) is 30.3 Å². The van der Waals surface area contributed by atoms with Gasteiger partial charge < -0.3 is 5.32 Å². The summed E-state index contributed by atoms with van der Waals surface area (Å²) in [7, 11) is 0. The second-order valence-corrected chi connectivity index (χ2v) is 4.58. The zero-order chi connectivity index (χ0) is 13.0. The number of para-hydroxylation sites is 1. The second kappa shape index (κ2) is 5.77. The van der Waals surface area contributed by atoms with Crippen LogP contribution >= 0.6 is 23.2 Å². The lowest BCUT2D eigenvalue weighted by Gasteiger charge is -2.14. The molecule has 1 N–H and O–H groups in total. The molecule has 1 atom stereocenters. The van der Waals surface area contributed by atoms with Crippen LogP contribution in [0.2, 0.25) is 10.0 Å². The monoisotopic (exact) mass is 276 g/mol. The van der Waals surface area contributed by atoms with Crippen LogP contribution in [-0.2, 0) is 0 Å². The molecule has 0 aliphatic rings. The molecule has 0 bridgehead atoms. The van der Waals surface area contributed by atoms with E-state index < -0.39 is 6.04 Å². The lowest BCUT2D eigenvalue weighted by Crippen LogP contribution is -2.08. The van der Waals surface area contributed by atoms with Gasteiger partial charge in [-0.15, -0.1) is 0 Å². The summed E-state index contributed by atoms with van der Waals surface area (Å²) in [5.74, 6) is 0. The summed E-state index contributed by atoms with van der Waals surface area (Å²) in [6.45, 7) is 0. The SMILES string of the molecule is N#CC(Nc1ccccc1)c1cc(Cl)ccc1Cl. The summed E-state index contributed by atoms with van der Waals surface area (Å²) < 4.78 is 0. The smallest absolute Gasteiger partial charge is 0.141 e. The van der Waals surface area contributed by atoms with Gasteiger partial charge in [0.05, 0.1) is 6.07 Å². The molecule has 0 saturated heterocycles. The number of benzene rings is 2. The van der Waals surface area contributed by atoms with E-state index >= 15 is 0 Å². The van der Waals surface area contributed by atoms with E-state index in [-0.39, 0.29) is 0 Å². The molecule has 0 aromatic heterocycles. The average molecular weight is 277 g/mol. The molecule has 0 heterocycles. The first-order valence-corrected chi connectivity index (χ1v) is 6.12. The molecule has 4 heteroatoms. The van der Waals surface area contributed by atoms with Crippen LogP contribution in [0.5, 0.6) is 0 Å². The topological polar surface area (TPSA) is 35.8 Å². The van der Waals surface area contributed by atoms with Crippen LogP contribution in [0.25, 0.3) is 0 Å². The van der Waals surface area contributed by atoms with Crippen molar-refractivity contribution < 1.29 is 0 Å². The largest absolute Gasteiger partial charge is 0.366 e. The zero-order valence-corrected chi connectivity index (χ0v) is 10.9. The minimum Gasteiger partial charge on any atom is -0.366 e. The third-order valence-electron chi connectivity index (χ3n) is 2.48. The maximum absolute atomic E-state index is 9.24. The van der Waals surface area contributed by atoms with Crippen molar-refractivity contribution in [1.29, 1.82) is 5.26 Å². The van der Waals surface area contributed by atoms with Gasteiger partial charge in [-0.05, 0) is 30.3 Å². The lowest BCUT2D eigenvalue weighted by atomic mass is 10.1. The molecule has 0 fully saturated rings. The Labute approximate surface area is 116 Å². The fraction of sp³-hybridized carbons (Fsp3) is 0.0714. The Bertz CT molecular complexity index is 576. The van der Waals surface area contributed by atoms with Gasteiger partial charge in [0.15, 0.2) is 0 Å². The molecule has 90 valence electrons. The van der Waals surface area contributed by atoms with E-state index in [2.05, 4.69) is 11.4 Å². The molecule has 0 radical (unpaired) electrons. The van der Waals surface area contributed by atoms with Crippen LogP contribution < -0.4 is 5.32 Å². The predicted octanol–water partition coefficient (Wildman–Crippen LogP) is 4.67. The van der Waals surface area contributed by atoms with Gasteiger partial charge in [0.25, 0.3) is 0 Å². The highest BCUT2D eigenvalue weighted by Gasteiger charge is 2.14. The summed E-state index contributed by atoms with van der Waals surface area (Å²) in [4.78, 5) is 0. The molecule has 2 aromatic rings. The van der Waals surface area contributed by atoms with Crippen molar-refractivity contribution in [3.63, 3.8) is 0 Å². The van der Waals surface area contributed by atoms with Crippen LogP contribution in [0.3, 0.4) is 0 Å². The first-order chi connectivity index (χ1) is 8.70. The Morgan fingerprint density at radius 1 is 1.06 bits per heavy atom. The molecule has 0 amide bonds. The normalized spacial score (nSPS) is 11.6. The van der Waals surface area contributed by atoms with Crippen LogP contribution in [0.4, 0.5) is 5.69 Å². The molecule has 2 nitrogen and oxygen atoms in total. The van der Waals surface area contributed by atoms with Gasteiger partial charge in [-0.1, -0.05) is 41.4 Å². The van der Waals surface area contributed by atoms with Crippen molar-refractivity contribution in [3.8, 4) is 6.07 Å². The van der Waals surface area contributed by atoms with Gasteiger partial charge in [-0.25, -0.2) is 0 Å². The third kappa shape index (κ3) is 2.95. The van der Waals surface area contributed by atoms with Crippen LogP contribution in [0.15, 0.2) is 48.5 Å². The first-order valence-electron chi connectivity index (χ1n) is 5.37. The summed E-state index contributed by atoms with van der Waals surface area (Å²) in [5, 5.41) is 13.4. The summed E-state index contributed by atoms with van der Waals surface area (Å²) in [6.07, 6.45) is 0. The fourth-order valence-electron chi connectivity index (χ4n) is 1.62. The minimum absolute atomic E-state index is 0.523. The fourth-order valence-corrected chi connectivity index (χ4v) is 2.02. The summed E-state index contributed by atoms with van der Waals surface area (Å²) in [6, 6.07) is 16.2. The predicted molar refractivity (Wildman–Crippen MR) is 74.9 cm³/mol. The maximum atomic E-state index is 9.24. The van der Waals surface area contributed by atoms with E-state index in [1.165, 1.54) is 0 Å². The van der Waals surface area contributed by atoms with Crippen molar-refractivity contribution in [3.05, 3.63) is 64.1 Å². The van der Waals surface area contributed by atoms with Crippen LogP contribution in [0, 0.1) is 11.3 Å². The van der Waals surface area contributed by atoms with Gasteiger partial charge in [-0.2, -0.15) is 5.26 Å². The number of hydrogen-bond donors (Lipinski definition) is 1. The van der Waals surface area contributed by atoms with Gasteiger partial charge in [0.1, 0.15) is 6.04 Å². The number of nitrogens with zero attached hydrogens (tertiary/aromatic N) is 1. The average Bonchev–Trinajstić information content (AvgIpc) is 2.40. The van der Waals surface area contributed by atoms with Crippen molar-refractivity contribution in [2.24, 2.45) is 0 Å². The Hall–Kier alpha value is -1.69. The highest BCUT2D eigenvalue weighted by molar-refractivity contribution is 6.33. The maximum Gasteiger partial charge on any atom is 0.141 e. The van der Waals surface area contributed by atoms with E-state index in [0.29, 0.717) is 15.6 Å². The van der Waals surface area contributed by atoms with E-state index in [1.54, 1.807) is 18.2 Å². The van der Waals surface area contributed by atoms with Gasteiger partial charge in [0.2, 0.25) is 0 Å². The van der Waals surface area contributed by atoms with Gasteiger partial charge >= 0.3 is 0 Å².